The number of nitrogens with zero attached hydrogens (tertiary/aromatic N) is 3. The molecule has 0 amide bonds. The molecule has 0 aliphatic carbocycles. The van der Waals surface area contributed by atoms with Gasteiger partial charge in [-0.25, -0.2) is 9.97 Å². The summed E-state index contributed by atoms with van der Waals surface area (Å²) in [5, 5.41) is 0. The summed E-state index contributed by atoms with van der Waals surface area (Å²) < 4.78 is 17.6. The Morgan fingerprint density at radius 3 is 2.05 bits per heavy atom. The van der Waals surface area contributed by atoms with Gasteiger partial charge in [0.05, 0.1) is 30.9 Å². The second kappa shape index (κ2) is 4.43. The van der Waals surface area contributed by atoms with Gasteiger partial charge in [0.15, 0.2) is 0 Å². The van der Waals surface area contributed by atoms with Crippen LogP contribution in [0.2, 0.25) is 0 Å². The molecule has 4 rings (SSSR count). The molecule has 0 saturated carbocycles. The van der Waals surface area contributed by atoms with Crippen molar-refractivity contribution < 1.29 is 14.0 Å². The maximum atomic E-state index is 6.01. The summed E-state index contributed by atoms with van der Waals surface area (Å²) in [6.07, 6.45) is 4.75. The van der Waals surface area contributed by atoms with Gasteiger partial charge in [0, 0.05) is 24.3 Å². The summed E-state index contributed by atoms with van der Waals surface area (Å²) in [6.45, 7) is 10.8. The number of rotatable bonds is 2. The zero-order chi connectivity index (χ0) is 15.6. The van der Waals surface area contributed by atoms with Crippen molar-refractivity contribution >= 4 is 18.5 Å². The van der Waals surface area contributed by atoms with Crippen LogP contribution in [0.1, 0.15) is 34.1 Å². The van der Waals surface area contributed by atoms with Crippen LogP contribution in [0.15, 0.2) is 12.4 Å². The van der Waals surface area contributed by atoms with Crippen molar-refractivity contribution in [2.45, 2.75) is 50.9 Å². The van der Waals surface area contributed by atoms with E-state index in [0.29, 0.717) is 0 Å². The van der Waals surface area contributed by atoms with Gasteiger partial charge in [0.25, 0.3) is 0 Å². The molecule has 3 aliphatic rings. The van der Waals surface area contributed by atoms with E-state index in [0.717, 1.165) is 37.5 Å². The fourth-order valence-corrected chi connectivity index (χ4v) is 3.03. The second-order valence-electron chi connectivity index (χ2n) is 7.54. The molecule has 1 aromatic rings. The molecule has 7 heteroatoms. The van der Waals surface area contributed by atoms with Crippen molar-refractivity contribution in [1.82, 2.24) is 9.97 Å². The van der Waals surface area contributed by atoms with Crippen LogP contribution in [0.3, 0.4) is 0 Å². The van der Waals surface area contributed by atoms with Crippen molar-refractivity contribution in [3.05, 3.63) is 12.4 Å². The molecule has 4 heterocycles. The Balaban J connectivity index is 1.45. The van der Waals surface area contributed by atoms with Gasteiger partial charge in [0.1, 0.15) is 5.60 Å². The fraction of sp³-hybridized carbons (Fsp3) is 0.733. The molecule has 0 radical (unpaired) electrons. The molecule has 0 bridgehead atoms. The molecule has 3 saturated heterocycles. The van der Waals surface area contributed by atoms with Crippen LogP contribution < -0.4 is 10.4 Å². The summed E-state index contributed by atoms with van der Waals surface area (Å²) in [4.78, 5) is 11.1. The van der Waals surface area contributed by atoms with Gasteiger partial charge in [0.2, 0.25) is 5.95 Å². The maximum Gasteiger partial charge on any atom is 0.498 e. The van der Waals surface area contributed by atoms with Crippen molar-refractivity contribution in [2.75, 3.05) is 24.6 Å². The smallest absolute Gasteiger partial charge is 0.399 e. The van der Waals surface area contributed by atoms with E-state index in [1.54, 1.807) is 12.4 Å². The van der Waals surface area contributed by atoms with Crippen molar-refractivity contribution in [1.29, 1.82) is 0 Å². The number of hydrogen-bond donors (Lipinski definition) is 0. The average molecular weight is 303 g/mol. The highest BCUT2D eigenvalue weighted by Crippen LogP contribution is 2.38. The van der Waals surface area contributed by atoms with Gasteiger partial charge in [-0.2, -0.15) is 0 Å². The predicted octanol–water partition coefficient (Wildman–Crippen LogP) is 0.755. The first kappa shape index (κ1) is 14.4. The molecule has 0 N–H and O–H groups in total. The monoisotopic (exact) mass is 303 g/mol. The highest BCUT2D eigenvalue weighted by atomic mass is 16.7. The lowest BCUT2D eigenvalue weighted by Crippen LogP contribution is -2.68. The van der Waals surface area contributed by atoms with E-state index in [1.165, 1.54) is 0 Å². The van der Waals surface area contributed by atoms with Gasteiger partial charge in [-0.1, -0.05) is 0 Å². The number of anilines is 1. The summed E-state index contributed by atoms with van der Waals surface area (Å²) in [5.41, 5.74) is 0.259. The number of ether oxygens (including phenoxy) is 1. The minimum Gasteiger partial charge on any atom is -0.399 e. The first-order valence-corrected chi connectivity index (χ1v) is 7.87. The van der Waals surface area contributed by atoms with E-state index in [9.17, 15) is 0 Å². The predicted molar refractivity (Wildman–Crippen MR) is 83.3 cm³/mol. The standard InChI is InChI=1S/C15H22BN3O3/c1-13(2)14(3,4)22-16(21-13)11-7-17-12(18-8-11)19-9-15(10-19)5-6-20-15/h7-8H,5-6,9-10H2,1-4H3. The highest BCUT2D eigenvalue weighted by molar-refractivity contribution is 6.61. The normalized spacial score (nSPS) is 27.6. The minimum atomic E-state index is -0.406. The third-order valence-electron chi connectivity index (χ3n) is 5.39. The lowest BCUT2D eigenvalue weighted by Gasteiger charge is -2.54. The molecule has 3 fully saturated rings. The van der Waals surface area contributed by atoms with E-state index in [4.69, 9.17) is 14.0 Å². The third-order valence-corrected chi connectivity index (χ3v) is 5.39. The zero-order valence-corrected chi connectivity index (χ0v) is 13.6. The average Bonchev–Trinajstić information content (AvgIpc) is 2.56. The van der Waals surface area contributed by atoms with Gasteiger partial charge in [-0.3, -0.25) is 0 Å². The Bertz CT molecular complexity index is 562. The summed E-state index contributed by atoms with van der Waals surface area (Å²) in [5.74, 6) is 0.751. The molecular weight excluding hydrogens is 281 g/mol. The van der Waals surface area contributed by atoms with Crippen LogP contribution in [-0.4, -0.2) is 53.6 Å². The van der Waals surface area contributed by atoms with Crippen LogP contribution in [0.5, 0.6) is 0 Å². The lowest BCUT2D eigenvalue weighted by molar-refractivity contribution is -0.161. The van der Waals surface area contributed by atoms with Crippen LogP contribution in [0.4, 0.5) is 5.95 Å². The van der Waals surface area contributed by atoms with Crippen molar-refractivity contribution in [3.8, 4) is 0 Å². The van der Waals surface area contributed by atoms with Gasteiger partial charge in [-0.15, -0.1) is 0 Å². The highest BCUT2D eigenvalue weighted by Gasteiger charge is 2.52. The quantitative estimate of drug-likeness (QED) is 0.752. The first-order valence-electron chi connectivity index (χ1n) is 7.87. The minimum absolute atomic E-state index is 0.0910. The van der Waals surface area contributed by atoms with E-state index < -0.39 is 7.12 Å². The molecule has 1 aromatic heterocycles. The summed E-state index contributed by atoms with van der Waals surface area (Å²) >= 11 is 0. The largest absolute Gasteiger partial charge is 0.498 e. The Morgan fingerprint density at radius 1 is 1.05 bits per heavy atom. The van der Waals surface area contributed by atoms with Crippen molar-refractivity contribution in [2.24, 2.45) is 0 Å². The van der Waals surface area contributed by atoms with Gasteiger partial charge < -0.3 is 18.9 Å². The molecule has 1 spiro atoms. The topological polar surface area (TPSA) is 56.7 Å². The number of aromatic nitrogens is 2. The van der Waals surface area contributed by atoms with Crippen LogP contribution in [0.25, 0.3) is 0 Å². The van der Waals surface area contributed by atoms with E-state index >= 15 is 0 Å². The van der Waals surface area contributed by atoms with Crippen LogP contribution in [0, 0.1) is 0 Å². The zero-order valence-electron chi connectivity index (χ0n) is 13.6. The molecule has 118 valence electrons. The SMILES string of the molecule is CC1(C)OB(c2cnc(N3CC4(CCO4)C3)nc2)OC1(C)C. The number of hydrogen-bond acceptors (Lipinski definition) is 6. The molecule has 6 nitrogen and oxygen atoms in total. The maximum absolute atomic E-state index is 6.01. The Kier molecular flexibility index (Phi) is 2.90. The van der Waals surface area contributed by atoms with Gasteiger partial charge in [-0.05, 0) is 27.7 Å². The lowest BCUT2D eigenvalue weighted by atomic mass is 9.81. The van der Waals surface area contributed by atoms with Crippen LogP contribution >= 0.6 is 0 Å². The molecular formula is C15H22BN3O3. The van der Waals surface area contributed by atoms with E-state index in [-0.39, 0.29) is 16.8 Å². The molecule has 0 unspecified atom stereocenters. The first-order chi connectivity index (χ1) is 10.3. The summed E-state index contributed by atoms with van der Waals surface area (Å²) in [7, 11) is -0.406. The van der Waals surface area contributed by atoms with Crippen LogP contribution in [-0.2, 0) is 14.0 Å². The Hall–Kier alpha value is -1.18. The molecule has 0 atom stereocenters. The third kappa shape index (κ3) is 2.06. The second-order valence-corrected chi connectivity index (χ2v) is 7.54. The molecule has 0 aromatic carbocycles. The molecule has 22 heavy (non-hydrogen) atoms. The molecule has 3 aliphatic heterocycles. The van der Waals surface area contributed by atoms with Gasteiger partial charge >= 0.3 is 7.12 Å². The fourth-order valence-electron chi connectivity index (χ4n) is 3.03. The summed E-state index contributed by atoms with van der Waals surface area (Å²) in [6, 6.07) is 0. The van der Waals surface area contributed by atoms with E-state index in [2.05, 4.69) is 14.9 Å². The van der Waals surface area contributed by atoms with E-state index in [1.807, 2.05) is 27.7 Å². The van der Waals surface area contributed by atoms with Crippen molar-refractivity contribution in [3.63, 3.8) is 0 Å². The Morgan fingerprint density at radius 2 is 1.59 bits per heavy atom. The Labute approximate surface area is 131 Å².